The third-order valence-electron chi connectivity index (χ3n) is 2.50. The second kappa shape index (κ2) is 5.41. The normalized spacial score (nSPS) is 10.7. The quantitative estimate of drug-likeness (QED) is 0.671. The molecule has 0 aliphatic carbocycles. The summed E-state index contributed by atoms with van der Waals surface area (Å²) in [6, 6.07) is 1.94. The molecule has 0 bridgehead atoms. The molecule has 0 saturated carbocycles. The van der Waals surface area contributed by atoms with E-state index in [2.05, 4.69) is 20.7 Å². The number of aromatic carboxylic acids is 1. The summed E-state index contributed by atoms with van der Waals surface area (Å²) < 4.78 is 3.30. The van der Waals surface area contributed by atoms with Crippen LogP contribution in [0.1, 0.15) is 16.2 Å². The van der Waals surface area contributed by atoms with Gasteiger partial charge in [-0.15, -0.1) is 5.10 Å². The molecule has 2 aromatic rings. The highest BCUT2D eigenvalue weighted by molar-refractivity contribution is 5.84. The van der Waals surface area contributed by atoms with Gasteiger partial charge in [0.1, 0.15) is 0 Å². The van der Waals surface area contributed by atoms with Crippen LogP contribution in [0.3, 0.4) is 0 Å². The second-order valence-corrected chi connectivity index (χ2v) is 3.79. The van der Waals surface area contributed by atoms with E-state index in [1.54, 1.807) is 10.9 Å². The Kier molecular flexibility index (Phi) is 3.68. The lowest BCUT2D eigenvalue weighted by atomic mass is 10.4. The summed E-state index contributed by atoms with van der Waals surface area (Å²) in [7, 11) is 1.88. The first-order valence-corrected chi connectivity index (χ1v) is 5.48. The van der Waals surface area contributed by atoms with Crippen LogP contribution in [-0.2, 0) is 20.1 Å². The summed E-state index contributed by atoms with van der Waals surface area (Å²) in [6.07, 6.45) is 3.15. The molecule has 0 spiro atoms. The smallest absolute Gasteiger partial charge is 0.358 e. The molecular weight excluding hydrogens is 236 g/mol. The minimum atomic E-state index is -1.07. The van der Waals surface area contributed by atoms with E-state index in [0.717, 1.165) is 5.69 Å². The average molecular weight is 250 g/mol. The van der Waals surface area contributed by atoms with Gasteiger partial charge in [-0.2, -0.15) is 5.10 Å². The number of hydrogen-bond acceptors (Lipinski definition) is 5. The van der Waals surface area contributed by atoms with Crippen LogP contribution < -0.4 is 5.32 Å². The molecule has 0 amide bonds. The molecule has 8 nitrogen and oxygen atoms in total. The lowest BCUT2D eigenvalue weighted by Crippen LogP contribution is -2.21. The summed E-state index contributed by atoms with van der Waals surface area (Å²) in [5, 5.41) is 23.2. The summed E-state index contributed by atoms with van der Waals surface area (Å²) >= 11 is 0. The van der Waals surface area contributed by atoms with E-state index < -0.39 is 5.97 Å². The van der Waals surface area contributed by atoms with E-state index in [0.29, 0.717) is 19.6 Å². The second-order valence-electron chi connectivity index (χ2n) is 3.79. The Morgan fingerprint density at radius 3 is 3.00 bits per heavy atom. The van der Waals surface area contributed by atoms with Crippen molar-refractivity contribution in [3.8, 4) is 0 Å². The molecule has 0 atom stereocenters. The van der Waals surface area contributed by atoms with Crippen molar-refractivity contribution in [1.82, 2.24) is 30.1 Å². The summed E-state index contributed by atoms with van der Waals surface area (Å²) in [5.74, 6) is -1.07. The molecular formula is C10H14N6O2. The van der Waals surface area contributed by atoms with Gasteiger partial charge in [0.15, 0.2) is 5.69 Å². The van der Waals surface area contributed by atoms with Gasteiger partial charge in [0.25, 0.3) is 0 Å². The molecule has 2 aromatic heterocycles. The van der Waals surface area contributed by atoms with Crippen molar-refractivity contribution in [3.05, 3.63) is 29.8 Å². The first-order chi connectivity index (χ1) is 8.66. The zero-order chi connectivity index (χ0) is 13.0. The Bertz CT molecular complexity index is 532. The number of aryl methyl sites for hydroxylation is 1. The van der Waals surface area contributed by atoms with E-state index in [1.807, 2.05) is 13.1 Å². The number of carbonyl (C=O) groups is 1. The number of carboxylic acid groups (broad SMARTS) is 1. The van der Waals surface area contributed by atoms with Crippen LogP contribution in [-0.4, -0.2) is 42.4 Å². The van der Waals surface area contributed by atoms with E-state index in [1.165, 1.54) is 10.9 Å². The lowest BCUT2D eigenvalue weighted by molar-refractivity contribution is 0.0690. The first kappa shape index (κ1) is 12.2. The molecule has 0 unspecified atom stereocenters. The molecule has 0 aromatic carbocycles. The Balaban J connectivity index is 1.75. The number of nitrogens with one attached hydrogen (secondary N) is 1. The molecule has 0 radical (unpaired) electrons. The number of aromatic nitrogens is 5. The Labute approximate surface area is 103 Å². The predicted molar refractivity (Wildman–Crippen MR) is 61.9 cm³/mol. The summed E-state index contributed by atoms with van der Waals surface area (Å²) in [4.78, 5) is 10.6. The minimum Gasteiger partial charge on any atom is -0.476 e. The highest BCUT2D eigenvalue weighted by Crippen LogP contribution is 1.95. The van der Waals surface area contributed by atoms with Gasteiger partial charge in [0, 0.05) is 26.3 Å². The van der Waals surface area contributed by atoms with Gasteiger partial charge in [0.05, 0.1) is 18.4 Å². The number of rotatable bonds is 6. The molecule has 2 rings (SSSR count). The Morgan fingerprint density at radius 2 is 2.39 bits per heavy atom. The fraction of sp³-hybridized carbons (Fsp3) is 0.400. The highest BCUT2D eigenvalue weighted by atomic mass is 16.4. The van der Waals surface area contributed by atoms with E-state index in [4.69, 9.17) is 5.11 Å². The van der Waals surface area contributed by atoms with Gasteiger partial charge >= 0.3 is 5.97 Å². The van der Waals surface area contributed by atoms with Crippen LogP contribution in [0.25, 0.3) is 0 Å². The van der Waals surface area contributed by atoms with Crippen molar-refractivity contribution in [2.75, 3.05) is 6.54 Å². The minimum absolute atomic E-state index is 0.0402. The first-order valence-electron chi connectivity index (χ1n) is 5.48. The van der Waals surface area contributed by atoms with Crippen LogP contribution in [0.2, 0.25) is 0 Å². The van der Waals surface area contributed by atoms with Crippen LogP contribution >= 0.6 is 0 Å². The number of carboxylic acids is 1. The van der Waals surface area contributed by atoms with Gasteiger partial charge in [-0.25, -0.2) is 4.79 Å². The van der Waals surface area contributed by atoms with Crippen LogP contribution in [0.15, 0.2) is 18.5 Å². The van der Waals surface area contributed by atoms with Gasteiger partial charge in [0.2, 0.25) is 0 Å². The fourth-order valence-electron chi connectivity index (χ4n) is 1.49. The Hall–Kier alpha value is -2.22. The van der Waals surface area contributed by atoms with Crippen molar-refractivity contribution in [2.45, 2.75) is 13.1 Å². The third kappa shape index (κ3) is 2.92. The van der Waals surface area contributed by atoms with Gasteiger partial charge < -0.3 is 10.4 Å². The average Bonchev–Trinajstić information content (AvgIpc) is 2.94. The maximum atomic E-state index is 10.6. The SMILES string of the molecule is Cn1nccc1CNCCn1cc(C(=O)O)nn1. The van der Waals surface area contributed by atoms with Crippen molar-refractivity contribution in [1.29, 1.82) is 0 Å². The zero-order valence-electron chi connectivity index (χ0n) is 9.94. The largest absolute Gasteiger partial charge is 0.476 e. The van der Waals surface area contributed by atoms with Crippen molar-refractivity contribution in [2.24, 2.45) is 7.05 Å². The van der Waals surface area contributed by atoms with Crippen molar-refractivity contribution in [3.63, 3.8) is 0 Å². The molecule has 0 saturated heterocycles. The Morgan fingerprint density at radius 1 is 1.56 bits per heavy atom. The maximum Gasteiger partial charge on any atom is 0.358 e. The molecule has 0 aliphatic heterocycles. The molecule has 96 valence electrons. The molecule has 0 fully saturated rings. The van der Waals surface area contributed by atoms with Crippen LogP contribution in [0.5, 0.6) is 0 Å². The van der Waals surface area contributed by atoms with E-state index in [-0.39, 0.29) is 5.69 Å². The van der Waals surface area contributed by atoms with Crippen molar-refractivity contribution < 1.29 is 9.90 Å². The van der Waals surface area contributed by atoms with Crippen LogP contribution in [0, 0.1) is 0 Å². The van der Waals surface area contributed by atoms with Crippen molar-refractivity contribution >= 4 is 5.97 Å². The fourth-order valence-corrected chi connectivity index (χ4v) is 1.49. The number of hydrogen-bond donors (Lipinski definition) is 2. The third-order valence-corrected chi connectivity index (χ3v) is 2.50. The molecule has 2 heterocycles. The molecule has 0 aliphatic rings. The van der Waals surface area contributed by atoms with E-state index >= 15 is 0 Å². The van der Waals surface area contributed by atoms with Crippen LogP contribution in [0.4, 0.5) is 0 Å². The maximum absolute atomic E-state index is 10.6. The molecule has 8 heteroatoms. The van der Waals surface area contributed by atoms with Gasteiger partial charge in [-0.05, 0) is 6.07 Å². The molecule has 2 N–H and O–H groups in total. The van der Waals surface area contributed by atoms with Gasteiger partial charge in [-0.3, -0.25) is 9.36 Å². The molecule has 18 heavy (non-hydrogen) atoms. The van der Waals surface area contributed by atoms with E-state index in [9.17, 15) is 4.79 Å². The predicted octanol–water partition coefficient (Wildman–Crippen LogP) is -0.500. The topological polar surface area (TPSA) is 97.9 Å². The number of nitrogens with zero attached hydrogens (tertiary/aromatic N) is 5. The lowest BCUT2D eigenvalue weighted by Gasteiger charge is -2.04. The summed E-state index contributed by atoms with van der Waals surface area (Å²) in [5.41, 5.74) is 1.04. The highest BCUT2D eigenvalue weighted by Gasteiger charge is 2.07. The zero-order valence-corrected chi connectivity index (χ0v) is 9.94. The summed E-state index contributed by atoms with van der Waals surface area (Å²) in [6.45, 7) is 1.95. The standard InChI is InChI=1S/C10H14N6O2/c1-15-8(2-3-12-15)6-11-4-5-16-7-9(10(17)18)13-14-16/h2-3,7,11H,4-6H2,1H3,(H,17,18). The van der Waals surface area contributed by atoms with Gasteiger partial charge in [-0.1, -0.05) is 5.21 Å². The monoisotopic (exact) mass is 250 g/mol.